The molecule has 20 heavy (non-hydrogen) atoms. The van der Waals surface area contributed by atoms with Crippen LogP contribution in [0.2, 0.25) is 5.02 Å². The summed E-state index contributed by atoms with van der Waals surface area (Å²) in [5.74, 6) is 0. The number of halogens is 1. The van der Waals surface area contributed by atoms with Crippen LogP contribution in [0.25, 0.3) is 0 Å². The van der Waals surface area contributed by atoms with Crippen LogP contribution in [-0.2, 0) is 11.2 Å². The number of anilines is 1. The van der Waals surface area contributed by atoms with Crippen LogP contribution in [0.5, 0.6) is 0 Å². The molecule has 1 heterocycles. The molecule has 3 nitrogen and oxygen atoms in total. The van der Waals surface area contributed by atoms with Gasteiger partial charge < -0.3 is 15.4 Å². The Bertz CT molecular complexity index is 430. The standard InChI is InChI=1S/C16H25ClN2O/c1-12(18)10-13-6-5-8-15(17)16(13)19(2)11-14-7-3-4-9-20-14/h5-6,8,12,14H,3-4,7,9-11,18H2,1-2H3. The molecular formula is C16H25ClN2O. The fourth-order valence-electron chi connectivity index (χ4n) is 2.85. The quantitative estimate of drug-likeness (QED) is 0.906. The summed E-state index contributed by atoms with van der Waals surface area (Å²) < 4.78 is 5.82. The first kappa shape index (κ1) is 15.6. The first-order valence-corrected chi connectivity index (χ1v) is 7.81. The van der Waals surface area contributed by atoms with Crippen LogP contribution in [0, 0.1) is 0 Å². The van der Waals surface area contributed by atoms with Gasteiger partial charge in [-0.05, 0) is 44.2 Å². The van der Waals surface area contributed by atoms with E-state index in [1.54, 1.807) is 0 Å². The maximum atomic E-state index is 6.40. The van der Waals surface area contributed by atoms with E-state index in [0.717, 1.165) is 36.7 Å². The molecule has 4 heteroatoms. The van der Waals surface area contributed by atoms with Gasteiger partial charge in [-0.2, -0.15) is 0 Å². The van der Waals surface area contributed by atoms with E-state index >= 15 is 0 Å². The SMILES string of the molecule is CC(N)Cc1cccc(Cl)c1N(C)CC1CCCCO1. The number of hydrogen-bond donors (Lipinski definition) is 1. The van der Waals surface area contributed by atoms with Gasteiger partial charge in [-0.1, -0.05) is 23.7 Å². The fraction of sp³-hybridized carbons (Fsp3) is 0.625. The predicted octanol–water partition coefficient (Wildman–Crippen LogP) is 3.24. The van der Waals surface area contributed by atoms with Crippen molar-refractivity contribution in [1.29, 1.82) is 0 Å². The van der Waals surface area contributed by atoms with Crippen molar-refractivity contribution in [2.45, 2.75) is 44.8 Å². The average Bonchev–Trinajstić information content (AvgIpc) is 2.39. The fourth-order valence-corrected chi connectivity index (χ4v) is 3.19. The number of hydrogen-bond acceptors (Lipinski definition) is 3. The van der Waals surface area contributed by atoms with Gasteiger partial charge in [0, 0.05) is 26.2 Å². The molecule has 0 radical (unpaired) electrons. The highest BCUT2D eigenvalue weighted by molar-refractivity contribution is 6.33. The third kappa shape index (κ3) is 4.11. The van der Waals surface area contributed by atoms with Crippen LogP contribution in [0.1, 0.15) is 31.7 Å². The second kappa shape index (κ2) is 7.30. The van der Waals surface area contributed by atoms with Gasteiger partial charge in [0.25, 0.3) is 0 Å². The van der Waals surface area contributed by atoms with Crippen molar-refractivity contribution in [3.8, 4) is 0 Å². The maximum absolute atomic E-state index is 6.40. The number of ether oxygens (including phenoxy) is 1. The molecule has 1 aromatic rings. The zero-order valence-corrected chi connectivity index (χ0v) is 13.2. The Morgan fingerprint density at radius 2 is 2.25 bits per heavy atom. The molecule has 112 valence electrons. The van der Waals surface area contributed by atoms with E-state index < -0.39 is 0 Å². The summed E-state index contributed by atoms with van der Waals surface area (Å²) in [5.41, 5.74) is 8.25. The second-order valence-electron chi connectivity index (χ2n) is 5.80. The summed E-state index contributed by atoms with van der Waals surface area (Å²) in [4.78, 5) is 2.22. The number of nitrogens with zero attached hydrogens (tertiary/aromatic N) is 1. The lowest BCUT2D eigenvalue weighted by molar-refractivity contribution is 0.0216. The molecule has 0 amide bonds. The smallest absolute Gasteiger partial charge is 0.0749 e. The maximum Gasteiger partial charge on any atom is 0.0749 e. The lowest BCUT2D eigenvalue weighted by atomic mass is 10.0. The molecule has 1 fully saturated rings. The van der Waals surface area contributed by atoms with Gasteiger partial charge in [0.2, 0.25) is 0 Å². The largest absolute Gasteiger partial charge is 0.376 e. The third-order valence-electron chi connectivity index (χ3n) is 3.75. The van der Waals surface area contributed by atoms with Crippen molar-refractivity contribution in [3.63, 3.8) is 0 Å². The zero-order chi connectivity index (χ0) is 14.5. The van der Waals surface area contributed by atoms with E-state index in [1.165, 1.54) is 18.4 Å². The van der Waals surface area contributed by atoms with Gasteiger partial charge in [0.1, 0.15) is 0 Å². The number of benzene rings is 1. The van der Waals surface area contributed by atoms with Gasteiger partial charge in [0.15, 0.2) is 0 Å². The molecule has 0 aromatic heterocycles. The zero-order valence-electron chi connectivity index (χ0n) is 12.4. The Hall–Kier alpha value is -0.770. The van der Waals surface area contributed by atoms with Gasteiger partial charge in [-0.3, -0.25) is 0 Å². The van der Waals surface area contributed by atoms with Crippen molar-refractivity contribution >= 4 is 17.3 Å². The van der Waals surface area contributed by atoms with Gasteiger partial charge >= 0.3 is 0 Å². The monoisotopic (exact) mass is 296 g/mol. The summed E-state index contributed by atoms with van der Waals surface area (Å²) in [5, 5.41) is 0.793. The lowest BCUT2D eigenvalue weighted by Gasteiger charge is -2.30. The summed E-state index contributed by atoms with van der Waals surface area (Å²) in [6.07, 6.45) is 4.73. The van der Waals surface area contributed by atoms with Crippen molar-refractivity contribution in [2.75, 3.05) is 25.1 Å². The van der Waals surface area contributed by atoms with E-state index in [1.807, 2.05) is 19.1 Å². The summed E-state index contributed by atoms with van der Waals surface area (Å²) in [7, 11) is 2.09. The van der Waals surface area contributed by atoms with Gasteiger partial charge in [0.05, 0.1) is 16.8 Å². The lowest BCUT2D eigenvalue weighted by Crippen LogP contribution is -2.34. The van der Waals surface area contributed by atoms with Gasteiger partial charge in [-0.15, -0.1) is 0 Å². The van der Waals surface area contributed by atoms with Crippen LogP contribution < -0.4 is 10.6 Å². The highest BCUT2D eigenvalue weighted by Crippen LogP contribution is 2.30. The van der Waals surface area contributed by atoms with E-state index in [4.69, 9.17) is 22.1 Å². The van der Waals surface area contributed by atoms with E-state index in [-0.39, 0.29) is 6.04 Å². The molecule has 0 saturated carbocycles. The summed E-state index contributed by atoms with van der Waals surface area (Å²) in [6, 6.07) is 6.18. The minimum Gasteiger partial charge on any atom is -0.376 e. The van der Waals surface area contributed by atoms with Crippen molar-refractivity contribution in [3.05, 3.63) is 28.8 Å². The molecule has 2 atom stereocenters. The molecule has 1 aliphatic heterocycles. The normalized spacial score (nSPS) is 20.7. The molecule has 1 saturated heterocycles. The number of nitrogens with two attached hydrogens (primary N) is 1. The molecule has 2 unspecified atom stereocenters. The molecular weight excluding hydrogens is 272 g/mol. The van der Waals surface area contributed by atoms with E-state index in [0.29, 0.717) is 6.10 Å². The molecule has 2 rings (SSSR count). The van der Waals surface area contributed by atoms with Crippen molar-refractivity contribution < 1.29 is 4.74 Å². The number of para-hydroxylation sites is 1. The summed E-state index contributed by atoms with van der Waals surface area (Å²) >= 11 is 6.40. The Morgan fingerprint density at radius 3 is 2.90 bits per heavy atom. The topological polar surface area (TPSA) is 38.5 Å². The van der Waals surface area contributed by atoms with Crippen molar-refractivity contribution in [1.82, 2.24) is 0 Å². The first-order chi connectivity index (χ1) is 9.58. The number of rotatable bonds is 5. The van der Waals surface area contributed by atoms with Crippen LogP contribution in [0.15, 0.2) is 18.2 Å². The minimum atomic E-state index is 0.131. The van der Waals surface area contributed by atoms with E-state index in [9.17, 15) is 0 Å². The van der Waals surface area contributed by atoms with E-state index in [2.05, 4.69) is 18.0 Å². The Kier molecular flexibility index (Phi) is 5.70. The second-order valence-corrected chi connectivity index (χ2v) is 6.21. The molecule has 0 bridgehead atoms. The van der Waals surface area contributed by atoms with Crippen LogP contribution in [-0.4, -0.2) is 32.3 Å². The first-order valence-electron chi connectivity index (χ1n) is 7.43. The Balaban J connectivity index is 2.12. The molecule has 0 aliphatic carbocycles. The van der Waals surface area contributed by atoms with Crippen molar-refractivity contribution in [2.24, 2.45) is 5.73 Å². The Morgan fingerprint density at radius 1 is 1.45 bits per heavy atom. The summed E-state index contributed by atoms with van der Waals surface area (Å²) in [6.45, 7) is 3.79. The Labute approximate surface area is 127 Å². The average molecular weight is 297 g/mol. The third-order valence-corrected chi connectivity index (χ3v) is 4.05. The van der Waals surface area contributed by atoms with Crippen LogP contribution >= 0.6 is 11.6 Å². The minimum absolute atomic E-state index is 0.131. The molecule has 0 spiro atoms. The van der Waals surface area contributed by atoms with Crippen LogP contribution in [0.4, 0.5) is 5.69 Å². The predicted molar refractivity (Wildman–Crippen MR) is 85.7 cm³/mol. The van der Waals surface area contributed by atoms with Gasteiger partial charge in [-0.25, -0.2) is 0 Å². The van der Waals surface area contributed by atoms with Crippen LogP contribution in [0.3, 0.4) is 0 Å². The highest BCUT2D eigenvalue weighted by Gasteiger charge is 2.19. The highest BCUT2D eigenvalue weighted by atomic mass is 35.5. The molecule has 1 aromatic carbocycles. The molecule has 2 N–H and O–H groups in total. The molecule has 1 aliphatic rings. The number of likely N-dealkylation sites (N-methyl/N-ethyl adjacent to an activating group) is 1.